The Bertz CT molecular complexity index is 251. The quantitative estimate of drug-likeness (QED) is 0.784. The van der Waals surface area contributed by atoms with Crippen molar-refractivity contribution in [2.24, 2.45) is 11.3 Å². The van der Waals surface area contributed by atoms with Crippen LogP contribution in [0.15, 0.2) is 0 Å². The predicted octanol–water partition coefficient (Wildman–Crippen LogP) is 0.868. The Morgan fingerprint density at radius 3 is 2.61 bits per heavy atom. The summed E-state index contributed by atoms with van der Waals surface area (Å²) in [6, 6.07) is 0. The number of ether oxygens (including phenoxy) is 1. The molecule has 0 amide bonds. The number of aliphatic hydroxyl groups excluding tert-OH is 2. The second kappa shape index (κ2) is 6.33. The van der Waals surface area contributed by atoms with Gasteiger partial charge in [0.15, 0.2) is 0 Å². The molecule has 4 heteroatoms. The Labute approximate surface area is 110 Å². The number of hydrogen-bond donors (Lipinski definition) is 2. The molecule has 2 fully saturated rings. The first-order chi connectivity index (χ1) is 8.67. The fraction of sp³-hybridized carbons (Fsp3) is 1.00. The van der Waals surface area contributed by atoms with E-state index in [4.69, 9.17) is 9.84 Å². The van der Waals surface area contributed by atoms with E-state index in [-0.39, 0.29) is 18.1 Å². The lowest BCUT2D eigenvalue weighted by Crippen LogP contribution is -2.50. The van der Waals surface area contributed by atoms with Gasteiger partial charge in [-0.15, -0.1) is 0 Å². The van der Waals surface area contributed by atoms with Gasteiger partial charge in [0.05, 0.1) is 19.3 Å². The van der Waals surface area contributed by atoms with Crippen LogP contribution in [-0.2, 0) is 4.74 Å². The molecule has 1 unspecified atom stereocenters. The van der Waals surface area contributed by atoms with Crippen molar-refractivity contribution in [3.05, 3.63) is 0 Å². The molecule has 1 aliphatic heterocycles. The second-order valence-corrected chi connectivity index (χ2v) is 6.25. The normalized spacial score (nSPS) is 38.8. The van der Waals surface area contributed by atoms with E-state index in [2.05, 4.69) is 11.8 Å². The maximum Gasteiger partial charge on any atom is 0.0932 e. The van der Waals surface area contributed by atoms with Crippen LogP contribution in [0.3, 0.4) is 0 Å². The van der Waals surface area contributed by atoms with Gasteiger partial charge in [-0.1, -0.05) is 19.8 Å². The van der Waals surface area contributed by atoms with Crippen LogP contribution in [-0.4, -0.2) is 60.7 Å². The first-order valence-electron chi connectivity index (χ1n) is 7.23. The lowest BCUT2D eigenvalue weighted by molar-refractivity contribution is -0.0725. The first kappa shape index (κ1) is 14.3. The van der Waals surface area contributed by atoms with Crippen molar-refractivity contribution in [3.8, 4) is 0 Å². The molecule has 2 aliphatic rings. The number of hydrogen-bond acceptors (Lipinski definition) is 4. The number of aliphatic hydroxyl groups is 2. The summed E-state index contributed by atoms with van der Waals surface area (Å²) in [6.07, 6.45) is 4.68. The van der Waals surface area contributed by atoms with Crippen molar-refractivity contribution in [1.82, 2.24) is 4.90 Å². The molecule has 1 heterocycles. The molecule has 1 saturated heterocycles. The molecule has 0 aromatic carbocycles. The zero-order valence-electron chi connectivity index (χ0n) is 11.5. The summed E-state index contributed by atoms with van der Waals surface area (Å²) in [5.74, 6) is 0.805. The highest BCUT2D eigenvalue weighted by Crippen LogP contribution is 2.39. The average molecular weight is 257 g/mol. The van der Waals surface area contributed by atoms with E-state index in [9.17, 15) is 5.11 Å². The summed E-state index contributed by atoms with van der Waals surface area (Å²) in [6.45, 7) is 6.07. The third-order valence-corrected chi connectivity index (χ3v) is 4.66. The van der Waals surface area contributed by atoms with Crippen molar-refractivity contribution >= 4 is 0 Å². The van der Waals surface area contributed by atoms with Crippen LogP contribution in [0.25, 0.3) is 0 Å². The first-order valence-corrected chi connectivity index (χ1v) is 7.23. The van der Waals surface area contributed by atoms with E-state index in [0.717, 1.165) is 38.4 Å². The van der Waals surface area contributed by atoms with E-state index >= 15 is 0 Å². The summed E-state index contributed by atoms with van der Waals surface area (Å²) in [5, 5.41) is 18.9. The predicted molar refractivity (Wildman–Crippen MR) is 70.4 cm³/mol. The average Bonchev–Trinajstić information content (AvgIpc) is 2.42. The molecule has 1 aliphatic carbocycles. The molecule has 0 spiro atoms. The van der Waals surface area contributed by atoms with Gasteiger partial charge in [-0.2, -0.15) is 0 Å². The van der Waals surface area contributed by atoms with Crippen molar-refractivity contribution in [3.63, 3.8) is 0 Å². The van der Waals surface area contributed by atoms with Gasteiger partial charge < -0.3 is 14.9 Å². The van der Waals surface area contributed by atoms with Gasteiger partial charge in [-0.3, -0.25) is 4.90 Å². The number of rotatable bonds is 4. The molecule has 1 saturated carbocycles. The molecule has 4 nitrogen and oxygen atoms in total. The molecule has 0 aromatic rings. The second-order valence-electron chi connectivity index (χ2n) is 6.25. The van der Waals surface area contributed by atoms with Gasteiger partial charge in [0.2, 0.25) is 0 Å². The topological polar surface area (TPSA) is 52.9 Å². The van der Waals surface area contributed by atoms with E-state index in [1.165, 1.54) is 12.8 Å². The van der Waals surface area contributed by atoms with E-state index in [1.807, 2.05) is 0 Å². The zero-order valence-corrected chi connectivity index (χ0v) is 11.5. The van der Waals surface area contributed by atoms with Gasteiger partial charge in [-0.25, -0.2) is 0 Å². The van der Waals surface area contributed by atoms with E-state index in [1.54, 1.807) is 0 Å². The standard InChI is InChI=1S/C14H27NO3/c1-12-2-4-14(11-17,5-3-12)10-15-6-7-18-13(8-15)9-16/h12-13,16-17H,2-11H2,1H3. The fourth-order valence-electron chi connectivity index (χ4n) is 3.25. The number of morpholine rings is 1. The van der Waals surface area contributed by atoms with E-state index < -0.39 is 0 Å². The molecule has 106 valence electrons. The van der Waals surface area contributed by atoms with Crippen molar-refractivity contribution in [1.29, 1.82) is 0 Å². The smallest absolute Gasteiger partial charge is 0.0932 e. The summed E-state index contributed by atoms with van der Waals surface area (Å²) in [4.78, 5) is 2.36. The molecule has 2 rings (SSSR count). The van der Waals surface area contributed by atoms with Gasteiger partial charge >= 0.3 is 0 Å². The fourth-order valence-corrected chi connectivity index (χ4v) is 3.25. The molecule has 0 bridgehead atoms. The van der Waals surface area contributed by atoms with E-state index in [0.29, 0.717) is 13.2 Å². The van der Waals surface area contributed by atoms with Crippen LogP contribution in [0.5, 0.6) is 0 Å². The zero-order chi connectivity index (χ0) is 13.0. The molecular weight excluding hydrogens is 230 g/mol. The lowest BCUT2D eigenvalue weighted by atomic mass is 9.71. The highest BCUT2D eigenvalue weighted by molar-refractivity contribution is 4.88. The SMILES string of the molecule is CC1CCC(CO)(CN2CCOC(CO)C2)CC1. The minimum atomic E-state index is -0.0444. The minimum Gasteiger partial charge on any atom is -0.396 e. The lowest BCUT2D eigenvalue weighted by Gasteiger charge is -2.43. The van der Waals surface area contributed by atoms with Crippen LogP contribution < -0.4 is 0 Å². The van der Waals surface area contributed by atoms with Crippen molar-refractivity contribution in [2.45, 2.75) is 38.7 Å². The van der Waals surface area contributed by atoms with Gasteiger partial charge in [0.25, 0.3) is 0 Å². The third kappa shape index (κ3) is 3.44. The highest BCUT2D eigenvalue weighted by Gasteiger charge is 2.36. The maximum absolute atomic E-state index is 9.77. The Morgan fingerprint density at radius 1 is 1.28 bits per heavy atom. The Morgan fingerprint density at radius 2 is 2.00 bits per heavy atom. The van der Waals surface area contributed by atoms with Crippen LogP contribution in [0.4, 0.5) is 0 Å². The molecule has 0 aromatic heterocycles. The molecule has 1 atom stereocenters. The van der Waals surface area contributed by atoms with Gasteiger partial charge in [0, 0.05) is 31.7 Å². The summed E-state index contributed by atoms with van der Waals surface area (Å²) < 4.78 is 5.48. The monoisotopic (exact) mass is 257 g/mol. The summed E-state index contributed by atoms with van der Waals surface area (Å²) >= 11 is 0. The van der Waals surface area contributed by atoms with Crippen molar-refractivity contribution < 1.29 is 14.9 Å². The highest BCUT2D eigenvalue weighted by atomic mass is 16.5. The molecule has 0 radical (unpaired) electrons. The van der Waals surface area contributed by atoms with Crippen LogP contribution in [0, 0.1) is 11.3 Å². The van der Waals surface area contributed by atoms with Gasteiger partial charge in [0.1, 0.15) is 0 Å². The Hall–Kier alpha value is -0.160. The van der Waals surface area contributed by atoms with Crippen LogP contribution in [0.1, 0.15) is 32.6 Å². The summed E-state index contributed by atoms with van der Waals surface area (Å²) in [7, 11) is 0. The Kier molecular flexibility index (Phi) is 5.01. The number of nitrogens with zero attached hydrogens (tertiary/aromatic N) is 1. The minimum absolute atomic E-state index is 0.0444. The van der Waals surface area contributed by atoms with Crippen molar-refractivity contribution in [2.75, 3.05) is 39.5 Å². The Balaban J connectivity index is 1.89. The van der Waals surface area contributed by atoms with Crippen LogP contribution >= 0.6 is 0 Å². The maximum atomic E-state index is 9.77. The molecular formula is C14H27NO3. The van der Waals surface area contributed by atoms with Crippen LogP contribution in [0.2, 0.25) is 0 Å². The van der Waals surface area contributed by atoms with Gasteiger partial charge in [-0.05, 0) is 18.8 Å². The summed E-state index contributed by atoms with van der Waals surface area (Å²) in [5.41, 5.74) is 0.0872. The molecule has 18 heavy (non-hydrogen) atoms. The largest absolute Gasteiger partial charge is 0.396 e. The molecule has 2 N–H and O–H groups in total. The third-order valence-electron chi connectivity index (χ3n) is 4.66.